The minimum atomic E-state index is -1.14. The van der Waals surface area contributed by atoms with Crippen LogP contribution in [0.15, 0.2) is 34.7 Å². The monoisotopic (exact) mass is 223 g/mol. The summed E-state index contributed by atoms with van der Waals surface area (Å²) in [6.07, 6.45) is 2.47. The molecule has 1 atom stereocenters. The molecule has 3 heteroatoms. The molecule has 1 rings (SSSR count). The first-order valence-electron chi connectivity index (χ1n) is 4.98. The van der Waals surface area contributed by atoms with E-state index in [0.717, 1.165) is 6.42 Å². The van der Waals surface area contributed by atoms with Crippen LogP contribution in [0.4, 0.5) is 0 Å². The van der Waals surface area contributed by atoms with Gasteiger partial charge in [-0.25, -0.2) is 4.21 Å². The standard InChI is InChI=1S/C12H17NOS/c1-12(2,3)15(14)13-10-9-11-7-5-4-6-8-11/h4-8,10H,9H2,1-3H3/b13-10+/t15-/m1/s1. The highest BCUT2D eigenvalue weighted by molar-refractivity contribution is 7.85. The lowest BCUT2D eigenvalue weighted by molar-refractivity contribution is 0.651. The third-order valence-corrected chi connectivity index (χ3v) is 3.25. The first-order chi connectivity index (χ1) is 7.00. The van der Waals surface area contributed by atoms with E-state index in [1.54, 1.807) is 6.21 Å². The molecule has 0 radical (unpaired) electrons. The molecular formula is C12H17NOS. The van der Waals surface area contributed by atoms with E-state index >= 15 is 0 Å². The molecule has 0 amide bonds. The third-order valence-electron chi connectivity index (χ3n) is 1.86. The molecule has 0 saturated heterocycles. The molecular weight excluding hydrogens is 206 g/mol. The van der Waals surface area contributed by atoms with Gasteiger partial charge in [-0.15, -0.1) is 0 Å². The van der Waals surface area contributed by atoms with E-state index in [9.17, 15) is 4.21 Å². The maximum atomic E-state index is 11.6. The summed E-state index contributed by atoms with van der Waals surface area (Å²) >= 11 is 0. The largest absolute Gasteiger partial charge is 0.234 e. The van der Waals surface area contributed by atoms with Crippen molar-refractivity contribution in [2.75, 3.05) is 0 Å². The molecule has 0 heterocycles. The van der Waals surface area contributed by atoms with Crippen molar-refractivity contribution < 1.29 is 4.21 Å². The van der Waals surface area contributed by atoms with Crippen molar-refractivity contribution in [3.05, 3.63) is 35.9 Å². The zero-order chi connectivity index (χ0) is 11.3. The van der Waals surface area contributed by atoms with Crippen molar-refractivity contribution in [1.29, 1.82) is 0 Å². The number of benzene rings is 1. The molecule has 0 aliphatic heterocycles. The van der Waals surface area contributed by atoms with Crippen molar-refractivity contribution in [2.45, 2.75) is 31.9 Å². The van der Waals surface area contributed by atoms with Crippen molar-refractivity contribution in [1.82, 2.24) is 0 Å². The smallest absolute Gasteiger partial charge is 0.144 e. The maximum Gasteiger partial charge on any atom is 0.144 e. The predicted octanol–water partition coefficient (Wildman–Crippen LogP) is 2.76. The summed E-state index contributed by atoms with van der Waals surface area (Å²) in [4.78, 5) is 0. The number of nitrogens with zero attached hydrogens (tertiary/aromatic N) is 1. The summed E-state index contributed by atoms with van der Waals surface area (Å²) in [5.74, 6) is 0. The molecule has 1 aromatic carbocycles. The van der Waals surface area contributed by atoms with Gasteiger partial charge in [-0.3, -0.25) is 0 Å². The summed E-state index contributed by atoms with van der Waals surface area (Å²) in [5.41, 5.74) is 1.19. The number of hydrogen-bond acceptors (Lipinski definition) is 1. The predicted molar refractivity (Wildman–Crippen MR) is 66.5 cm³/mol. The fraction of sp³-hybridized carbons (Fsp3) is 0.417. The SMILES string of the molecule is CC(C)(C)[S@@](=O)/N=C/Cc1ccccc1. The highest BCUT2D eigenvalue weighted by atomic mass is 32.2. The lowest BCUT2D eigenvalue weighted by Crippen LogP contribution is -2.19. The van der Waals surface area contributed by atoms with Gasteiger partial charge in [0.25, 0.3) is 0 Å². The van der Waals surface area contributed by atoms with E-state index in [4.69, 9.17) is 0 Å². The second kappa shape index (κ2) is 5.21. The summed E-state index contributed by atoms with van der Waals surface area (Å²) in [5, 5.41) is 0. The molecule has 0 aliphatic rings. The maximum absolute atomic E-state index is 11.6. The zero-order valence-electron chi connectivity index (χ0n) is 9.43. The number of rotatable bonds is 3. The van der Waals surface area contributed by atoms with E-state index in [1.165, 1.54) is 5.56 Å². The van der Waals surface area contributed by atoms with Crippen LogP contribution >= 0.6 is 0 Å². The molecule has 15 heavy (non-hydrogen) atoms. The Hall–Kier alpha value is -0.960. The molecule has 0 fully saturated rings. The van der Waals surface area contributed by atoms with Crippen LogP contribution in [0.25, 0.3) is 0 Å². The van der Waals surface area contributed by atoms with Crippen LogP contribution in [0.2, 0.25) is 0 Å². The van der Waals surface area contributed by atoms with Crippen molar-refractivity contribution in [3.63, 3.8) is 0 Å². The van der Waals surface area contributed by atoms with E-state index in [2.05, 4.69) is 4.40 Å². The summed E-state index contributed by atoms with van der Waals surface area (Å²) in [6, 6.07) is 10.0. The van der Waals surface area contributed by atoms with Crippen LogP contribution in [0.3, 0.4) is 0 Å². The third kappa shape index (κ3) is 4.38. The fourth-order valence-electron chi connectivity index (χ4n) is 0.983. The van der Waals surface area contributed by atoms with Gasteiger partial charge in [-0.05, 0) is 26.3 Å². The molecule has 0 bridgehead atoms. The first-order valence-corrected chi connectivity index (χ1v) is 6.09. The summed E-state index contributed by atoms with van der Waals surface area (Å²) < 4.78 is 15.3. The Labute approximate surface area is 94.0 Å². The molecule has 0 unspecified atom stereocenters. The summed E-state index contributed by atoms with van der Waals surface area (Å²) in [6.45, 7) is 5.76. The molecule has 1 aromatic rings. The lowest BCUT2D eigenvalue weighted by atomic mass is 10.2. The Balaban J connectivity index is 2.51. The van der Waals surface area contributed by atoms with E-state index in [-0.39, 0.29) is 4.75 Å². The van der Waals surface area contributed by atoms with Crippen LogP contribution < -0.4 is 0 Å². The molecule has 0 spiro atoms. The molecule has 0 N–H and O–H groups in total. The minimum Gasteiger partial charge on any atom is -0.234 e. The Morgan fingerprint density at radius 3 is 2.40 bits per heavy atom. The first kappa shape index (κ1) is 12.1. The van der Waals surface area contributed by atoms with Gasteiger partial charge in [-0.2, -0.15) is 4.40 Å². The fourth-order valence-corrected chi connectivity index (χ4v) is 1.51. The van der Waals surface area contributed by atoms with Gasteiger partial charge in [-0.1, -0.05) is 30.3 Å². The Morgan fingerprint density at radius 1 is 1.27 bits per heavy atom. The van der Waals surface area contributed by atoms with Gasteiger partial charge in [0, 0.05) is 12.6 Å². The molecule has 0 saturated carbocycles. The van der Waals surface area contributed by atoms with Gasteiger partial charge < -0.3 is 0 Å². The van der Waals surface area contributed by atoms with Crippen LogP contribution in [0.5, 0.6) is 0 Å². The quantitative estimate of drug-likeness (QED) is 0.724. The average molecular weight is 223 g/mol. The van der Waals surface area contributed by atoms with Gasteiger partial charge in [0.2, 0.25) is 0 Å². The van der Waals surface area contributed by atoms with Crippen molar-refractivity contribution in [2.24, 2.45) is 4.40 Å². The molecule has 82 valence electrons. The lowest BCUT2D eigenvalue weighted by Gasteiger charge is -2.12. The second-order valence-electron chi connectivity index (χ2n) is 4.34. The minimum absolute atomic E-state index is 0.271. The van der Waals surface area contributed by atoms with Crippen molar-refractivity contribution in [3.8, 4) is 0 Å². The van der Waals surface area contributed by atoms with Gasteiger partial charge in [0.15, 0.2) is 0 Å². The molecule has 2 nitrogen and oxygen atoms in total. The van der Waals surface area contributed by atoms with E-state index in [1.807, 2.05) is 51.1 Å². The molecule has 0 aromatic heterocycles. The second-order valence-corrected chi connectivity index (χ2v) is 6.27. The average Bonchev–Trinajstić information content (AvgIpc) is 2.18. The van der Waals surface area contributed by atoms with Crippen molar-refractivity contribution >= 4 is 17.2 Å². The Kier molecular flexibility index (Phi) is 4.21. The zero-order valence-corrected chi connectivity index (χ0v) is 10.3. The van der Waals surface area contributed by atoms with Gasteiger partial charge in [0.1, 0.15) is 11.0 Å². The Bertz CT molecular complexity index is 352. The van der Waals surface area contributed by atoms with E-state index in [0.29, 0.717) is 0 Å². The highest BCUT2D eigenvalue weighted by Gasteiger charge is 2.17. The molecule has 0 aliphatic carbocycles. The van der Waals surface area contributed by atoms with E-state index < -0.39 is 11.0 Å². The van der Waals surface area contributed by atoms with Crippen LogP contribution in [-0.4, -0.2) is 15.2 Å². The van der Waals surface area contributed by atoms with Crippen LogP contribution in [0.1, 0.15) is 26.3 Å². The normalized spacial score (nSPS) is 14.3. The Morgan fingerprint density at radius 2 is 1.87 bits per heavy atom. The van der Waals surface area contributed by atoms with Gasteiger partial charge in [0.05, 0.1) is 4.75 Å². The van der Waals surface area contributed by atoms with Gasteiger partial charge >= 0.3 is 0 Å². The number of hydrogen-bond donors (Lipinski definition) is 0. The van der Waals surface area contributed by atoms with Crippen LogP contribution in [0, 0.1) is 0 Å². The highest BCUT2D eigenvalue weighted by Crippen LogP contribution is 2.11. The topological polar surface area (TPSA) is 29.4 Å². The van der Waals surface area contributed by atoms with Crippen LogP contribution in [-0.2, 0) is 17.4 Å². The summed E-state index contributed by atoms with van der Waals surface area (Å²) in [7, 11) is -1.14.